The SMILES string of the molecule is CCOP(=O)(OCC)c1ccc([Si]23C[Si]4(c5ccc(P(=O)(OCC)OCC)cc5)O[Si]5(c6ccc(P(=O)(OCC)OCC)cc6)C[Si]6(c7ccc(P(=O)(OCC)OCC)cc7)O[Si](c7ccc(P(=O)(OCC)OCC)cc7)(C[Si](c7ccc(P(=O)(OCC)OCC)cc7)(O2)O5)O[Si](c2ccc(P(=O)(OCC)OCC)cc2)(C[Si](c2ccc(P(=O)(OCC)OCC)cc2)(O4)O6)O3)cc1. The molecule has 6 heterocycles. The summed E-state index contributed by atoms with van der Waals surface area (Å²) in [5.74, 6) is 0. The second-order valence-electron chi connectivity index (χ2n) is 30.6. The van der Waals surface area contributed by atoms with E-state index in [-0.39, 0.29) is 171 Å². The highest BCUT2D eigenvalue weighted by molar-refractivity contribution is 7.64. The van der Waals surface area contributed by atoms with E-state index < -0.39 is 129 Å². The lowest BCUT2D eigenvalue weighted by Gasteiger charge is -2.65. The molecule has 8 aromatic carbocycles. The van der Waals surface area contributed by atoms with Crippen molar-refractivity contribution in [1.82, 2.24) is 0 Å². The summed E-state index contributed by atoms with van der Waals surface area (Å²) in [7, 11) is -74.9. The predicted octanol–water partition coefficient (Wildman–Crippen LogP) is 12.3. The Bertz CT molecular complexity index is 4510. The van der Waals surface area contributed by atoms with E-state index in [2.05, 4.69) is 0 Å². The van der Waals surface area contributed by atoms with Gasteiger partial charge in [-0.2, -0.15) is 0 Å². The molecule has 0 amide bonds. The van der Waals surface area contributed by atoms with Gasteiger partial charge >= 0.3 is 129 Å². The summed E-state index contributed by atoms with van der Waals surface area (Å²) >= 11 is 0. The van der Waals surface area contributed by atoms with Gasteiger partial charge in [0.05, 0.1) is 148 Å². The molecule has 0 N–H and O–H groups in total. The highest BCUT2D eigenvalue weighted by Gasteiger charge is 2.82. The van der Waals surface area contributed by atoms with Crippen LogP contribution in [0.15, 0.2) is 194 Å². The molecule has 8 aromatic rings. The third-order valence-corrected chi connectivity index (χ3v) is 85.0. The maximum Gasteiger partial charge on any atom is 0.361 e. The van der Waals surface area contributed by atoms with E-state index in [4.69, 9.17) is 88.8 Å². The fraction of sp³-hybridized carbons (Fsp3) is 0.429. The minimum absolute atomic E-state index is 0.00451. The summed E-state index contributed by atoms with van der Waals surface area (Å²) in [5, 5.41) is 4.30. The van der Waals surface area contributed by atoms with E-state index in [1.807, 2.05) is 0 Å². The first kappa shape index (κ1) is 106. The summed E-state index contributed by atoms with van der Waals surface area (Å²) < 4.78 is 295. The molecule has 6 aliphatic rings. The first-order valence-corrected chi connectivity index (χ1v) is 73.3. The second kappa shape index (κ2) is 43.5. The normalized spacial score (nSPS) is 24.2. The van der Waals surface area contributed by atoms with Crippen LogP contribution >= 0.6 is 60.8 Å². The highest BCUT2D eigenvalue weighted by Crippen LogP contribution is 2.58. The van der Waals surface area contributed by atoms with Crippen LogP contribution in [0.3, 0.4) is 0 Å². The van der Waals surface area contributed by atoms with Gasteiger partial charge in [0.25, 0.3) is 0 Å². The predicted molar refractivity (Wildman–Crippen MR) is 526 cm³/mol. The molecule has 8 bridgehead atoms. The summed E-state index contributed by atoms with van der Waals surface area (Å²) in [6.45, 7) is 27.3. The standard InChI is InChI=1S/C84H120O32P8Si8/c1-17-93-117(85,94-18-2)69-33-49-77(50-34-69)125-65-126(78-51-35-70(36-52-78)118(86,95-19-3)96-20-4)110-129(81-57-41-73(42-58-81)121(89,101-25-9)102-26-10)66-127(109-125,79-53-37-71(38-54-79)119(87,97-21-5)98-22-6)115-130(82-59-43-74(44-60-82)122(90,103-27-11)104-28-12)67-128(113-125,80-55-39-72(40-56-80)120(88,99-23-7)100-24-8)111-131(114-126,83-61-45-75(46-62-83)123(91,105-29-13)106-30-14)68-132(112-130,116-129)84-63-47-76(48-64-84)124(92,107-31-15)108-32-16/h33-64H,17-32,65-68H2,1-16H3. The van der Waals surface area contributed by atoms with Crippen LogP contribution in [-0.4, -0.2) is 174 Å². The lowest BCUT2D eigenvalue weighted by atomic mass is 10.4. The molecule has 32 nitrogen and oxygen atoms in total. The molecule has 0 atom stereocenters. The molecule has 0 aliphatic carbocycles. The third-order valence-electron chi connectivity index (χ3n) is 22.3. The molecule has 0 radical (unpaired) electrons. The lowest BCUT2D eigenvalue weighted by Crippen LogP contribution is -2.93. The second-order valence-corrected chi connectivity index (χ2v) is 75.7. The van der Waals surface area contributed by atoms with Crippen LogP contribution < -0.4 is 83.9 Å². The maximum absolute atomic E-state index is 15.5. The molecule has 720 valence electrons. The average Bonchev–Trinajstić information content (AvgIpc) is 0.662. The number of rotatable bonds is 48. The van der Waals surface area contributed by atoms with Gasteiger partial charge in [0.15, 0.2) is 0 Å². The topological polar surface area (TPSA) is 358 Å². The summed E-state index contributed by atoms with van der Waals surface area (Å²) in [6, 6.07) is 54.7. The fourth-order valence-electron chi connectivity index (χ4n) is 17.3. The molecule has 6 saturated heterocycles. The van der Waals surface area contributed by atoms with Gasteiger partial charge < -0.3 is 105 Å². The first-order valence-electron chi connectivity index (χ1n) is 44.8. The monoisotopic (exact) mass is 2110 g/mol. The van der Waals surface area contributed by atoms with Crippen LogP contribution in [0.5, 0.6) is 0 Å². The van der Waals surface area contributed by atoms with E-state index in [1.165, 1.54) is 0 Å². The molecule has 14 rings (SSSR count). The molecule has 132 heavy (non-hydrogen) atoms. The minimum atomic E-state index is -5.21. The molecule has 6 fully saturated rings. The minimum Gasteiger partial charge on any atom is -0.409 e. The van der Waals surface area contributed by atoms with Crippen molar-refractivity contribution in [1.29, 1.82) is 0 Å². The van der Waals surface area contributed by atoms with Crippen LogP contribution in [0, 0.1) is 0 Å². The van der Waals surface area contributed by atoms with Crippen LogP contribution in [0.2, 0.25) is 22.7 Å². The first-order chi connectivity index (χ1) is 63.1. The maximum atomic E-state index is 15.5. The van der Waals surface area contributed by atoms with Crippen LogP contribution in [-0.2, 0) is 142 Å². The fourth-order valence-corrected chi connectivity index (χ4v) is 95.5. The van der Waals surface area contributed by atoms with Crippen molar-refractivity contribution in [2.75, 3.05) is 106 Å². The molecule has 0 aromatic heterocycles. The summed E-state index contributed by atoms with van der Waals surface area (Å²) in [6.07, 6.45) is 0. The highest BCUT2D eigenvalue weighted by atomic mass is 31.2. The molecular formula is C84H120O32P8Si8. The zero-order valence-corrected chi connectivity index (χ0v) is 92.4. The Kier molecular flexibility index (Phi) is 34.8. The number of hydrogen-bond donors (Lipinski definition) is 0. The average molecular weight is 2110 g/mol. The molecular weight excluding hydrogens is 1990 g/mol. The van der Waals surface area contributed by atoms with Gasteiger partial charge in [-0.25, -0.2) is 0 Å². The molecule has 0 spiro atoms. The zero-order chi connectivity index (χ0) is 95.0. The van der Waals surface area contributed by atoms with Crippen molar-refractivity contribution in [3.8, 4) is 0 Å². The Labute approximate surface area is 782 Å². The van der Waals surface area contributed by atoms with Gasteiger partial charge in [-0.1, -0.05) is 97.1 Å². The molecule has 0 unspecified atom stereocenters. The van der Waals surface area contributed by atoms with Gasteiger partial charge in [-0.15, -0.1) is 0 Å². The van der Waals surface area contributed by atoms with E-state index in [9.17, 15) is 16.5 Å². The van der Waals surface area contributed by atoms with Crippen molar-refractivity contribution >= 4 is 213 Å². The van der Waals surface area contributed by atoms with E-state index in [1.54, 1.807) is 305 Å². The summed E-state index contributed by atoms with van der Waals surface area (Å²) in [4.78, 5) is 0. The van der Waals surface area contributed by atoms with Gasteiger partial charge in [0, 0.05) is 22.7 Å². The Morgan fingerprint density at radius 1 is 0.159 bits per heavy atom. The van der Waals surface area contributed by atoms with Gasteiger partial charge in [-0.3, -0.25) is 36.5 Å². The molecule has 6 aliphatic heterocycles. The van der Waals surface area contributed by atoms with E-state index >= 15 is 36.5 Å². The van der Waals surface area contributed by atoms with Gasteiger partial charge in [0.2, 0.25) is 0 Å². The Morgan fingerprint density at radius 2 is 0.235 bits per heavy atom. The quantitative estimate of drug-likeness (QED) is 0.0252. The third kappa shape index (κ3) is 20.9. The Balaban J connectivity index is 1.31. The summed E-state index contributed by atoms with van der Waals surface area (Å²) in [5.41, 5.74) is -1.44. The van der Waals surface area contributed by atoms with Crippen LogP contribution in [0.1, 0.15) is 111 Å². The van der Waals surface area contributed by atoms with E-state index in [0.29, 0.717) is 41.5 Å². The molecule has 0 saturated carbocycles. The number of hydrogen-bond acceptors (Lipinski definition) is 32. The lowest BCUT2D eigenvalue weighted by molar-refractivity contribution is 0.194. The smallest absolute Gasteiger partial charge is 0.361 e. The van der Waals surface area contributed by atoms with Crippen molar-refractivity contribution in [3.05, 3.63) is 194 Å². The van der Waals surface area contributed by atoms with Crippen molar-refractivity contribution < 1.29 is 142 Å². The van der Waals surface area contributed by atoms with Crippen LogP contribution in [0.25, 0.3) is 0 Å². The molecule has 48 heteroatoms. The zero-order valence-electron chi connectivity index (χ0n) is 77.3. The Morgan fingerprint density at radius 3 is 0.303 bits per heavy atom. The van der Waals surface area contributed by atoms with Crippen LogP contribution in [0.4, 0.5) is 0 Å². The van der Waals surface area contributed by atoms with Crippen molar-refractivity contribution in [2.45, 2.75) is 133 Å². The van der Waals surface area contributed by atoms with Gasteiger partial charge in [0.1, 0.15) is 0 Å². The van der Waals surface area contributed by atoms with E-state index in [0.717, 1.165) is 0 Å². The van der Waals surface area contributed by atoms with Crippen molar-refractivity contribution in [3.63, 3.8) is 0 Å². The number of benzene rings is 8. The largest absolute Gasteiger partial charge is 0.409 e. The van der Waals surface area contributed by atoms with Gasteiger partial charge in [-0.05, 0) is 249 Å². The van der Waals surface area contributed by atoms with Crippen molar-refractivity contribution in [2.24, 2.45) is 0 Å². The Hall–Kier alpha value is -3.62.